The quantitative estimate of drug-likeness (QED) is 0.353. The lowest BCUT2D eigenvalue weighted by atomic mass is 10.1. The number of hydrazone groups is 1. The molecule has 3 aromatic rings. The van der Waals surface area contributed by atoms with Crippen LogP contribution in [0.25, 0.3) is 0 Å². The second-order valence-corrected chi connectivity index (χ2v) is 6.38. The Balaban J connectivity index is 1.91. The number of hydrogen-bond donors (Lipinski definition) is 0. The van der Waals surface area contributed by atoms with Crippen molar-refractivity contribution in [2.24, 2.45) is 5.10 Å². The van der Waals surface area contributed by atoms with Crippen LogP contribution in [0.4, 0.5) is 13.2 Å². The molecule has 1 heterocycles. The molecule has 0 N–H and O–H groups in total. The van der Waals surface area contributed by atoms with E-state index in [2.05, 4.69) is 4.98 Å². The van der Waals surface area contributed by atoms with Crippen LogP contribution in [0.1, 0.15) is 29.2 Å². The van der Waals surface area contributed by atoms with E-state index < -0.39 is 11.7 Å². The van der Waals surface area contributed by atoms with Gasteiger partial charge in [0, 0.05) is 24.5 Å². The third-order valence-corrected chi connectivity index (χ3v) is 4.38. The van der Waals surface area contributed by atoms with E-state index in [-0.39, 0.29) is 0 Å². The number of alkyl halides is 3. The molecular formula is C21H21F3N4. The molecule has 0 bridgehead atoms. The van der Waals surface area contributed by atoms with Gasteiger partial charge in [0.15, 0.2) is 5.84 Å². The SMILES string of the molecule is CCN(Cc1ccc(C(F)(F)F)cc1)/N=C(/c1ccccc1C)n1ccnc1. The Hall–Kier alpha value is -3.09. The molecule has 0 aliphatic rings. The first-order chi connectivity index (χ1) is 13.4. The topological polar surface area (TPSA) is 33.4 Å². The Morgan fingerprint density at radius 2 is 1.82 bits per heavy atom. The number of hydrogen-bond acceptors (Lipinski definition) is 3. The van der Waals surface area contributed by atoms with Crippen LogP contribution in [0.15, 0.2) is 72.4 Å². The number of rotatable bonds is 5. The molecule has 0 atom stereocenters. The zero-order valence-corrected chi connectivity index (χ0v) is 15.7. The molecule has 0 spiro atoms. The maximum absolute atomic E-state index is 12.8. The Labute approximate surface area is 161 Å². The zero-order valence-electron chi connectivity index (χ0n) is 15.7. The summed E-state index contributed by atoms with van der Waals surface area (Å²) >= 11 is 0. The number of aromatic nitrogens is 2. The van der Waals surface area contributed by atoms with Gasteiger partial charge in [-0.25, -0.2) is 4.98 Å². The lowest BCUT2D eigenvalue weighted by molar-refractivity contribution is -0.137. The van der Waals surface area contributed by atoms with Gasteiger partial charge in [0.1, 0.15) is 6.33 Å². The van der Waals surface area contributed by atoms with Crippen molar-refractivity contribution in [1.29, 1.82) is 0 Å². The molecular weight excluding hydrogens is 365 g/mol. The Morgan fingerprint density at radius 3 is 2.39 bits per heavy atom. The lowest BCUT2D eigenvalue weighted by Gasteiger charge is -2.20. The summed E-state index contributed by atoms with van der Waals surface area (Å²) in [4.78, 5) is 4.11. The van der Waals surface area contributed by atoms with Gasteiger partial charge in [0.05, 0.1) is 12.1 Å². The van der Waals surface area contributed by atoms with Crippen molar-refractivity contribution in [1.82, 2.24) is 14.6 Å². The molecule has 0 aliphatic carbocycles. The molecule has 28 heavy (non-hydrogen) atoms. The lowest BCUT2D eigenvalue weighted by Crippen LogP contribution is -2.23. The molecule has 0 fully saturated rings. The minimum atomic E-state index is -4.33. The fraction of sp³-hybridized carbons (Fsp3) is 0.238. The predicted molar refractivity (Wildman–Crippen MR) is 103 cm³/mol. The first-order valence-electron chi connectivity index (χ1n) is 8.92. The van der Waals surface area contributed by atoms with Crippen LogP contribution in [0.2, 0.25) is 0 Å². The molecule has 0 radical (unpaired) electrons. The highest BCUT2D eigenvalue weighted by Gasteiger charge is 2.29. The van der Waals surface area contributed by atoms with Crippen LogP contribution in [0.3, 0.4) is 0 Å². The summed E-state index contributed by atoms with van der Waals surface area (Å²) in [6.45, 7) is 4.97. The van der Waals surface area contributed by atoms with E-state index in [1.54, 1.807) is 12.5 Å². The van der Waals surface area contributed by atoms with E-state index in [1.807, 2.05) is 53.9 Å². The molecule has 0 aliphatic heterocycles. The largest absolute Gasteiger partial charge is 0.416 e. The molecule has 7 heteroatoms. The fourth-order valence-electron chi connectivity index (χ4n) is 2.81. The smallest absolute Gasteiger partial charge is 0.291 e. The Bertz CT molecular complexity index is 929. The first-order valence-corrected chi connectivity index (χ1v) is 8.92. The molecule has 2 aromatic carbocycles. The van der Waals surface area contributed by atoms with Gasteiger partial charge in [-0.2, -0.15) is 18.3 Å². The number of aryl methyl sites for hydroxylation is 1. The summed E-state index contributed by atoms with van der Waals surface area (Å²) < 4.78 is 40.1. The zero-order chi connectivity index (χ0) is 20.1. The summed E-state index contributed by atoms with van der Waals surface area (Å²) in [5.74, 6) is 0.712. The summed E-state index contributed by atoms with van der Waals surface area (Å²) in [5.41, 5.74) is 2.14. The molecule has 0 saturated heterocycles. The summed E-state index contributed by atoms with van der Waals surface area (Å²) in [5, 5.41) is 6.61. The van der Waals surface area contributed by atoms with Gasteiger partial charge in [-0.3, -0.25) is 9.58 Å². The Kier molecular flexibility index (Phi) is 5.82. The van der Waals surface area contributed by atoms with E-state index in [4.69, 9.17) is 5.10 Å². The van der Waals surface area contributed by atoms with Gasteiger partial charge in [-0.1, -0.05) is 36.4 Å². The molecule has 0 unspecified atom stereocenters. The van der Waals surface area contributed by atoms with E-state index in [9.17, 15) is 13.2 Å². The fourth-order valence-corrected chi connectivity index (χ4v) is 2.81. The minimum Gasteiger partial charge on any atom is -0.291 e. The maximum atomic E-state index is 12.8. The van der Waals surface area contributed by atoms with E-state index in [0.29, 0.717) is 18.9 Å². The summed E-state index contributed by atoms with van der Waals surface area (Å²) in [6, 6.07) is 13.1. The molecule has 4 nitrogen and oxygen atoms in total. The average molecular weight is 386 g/mol. The second kappa shape index (κ2) is 8.29. The number of halogens is 3. The van der Waals surface area contributed by atoms with Gasteiger partial charge < -0.3 is 0 Å². The van der Waals surface area contributed by atoms with Crippen LogP contribution in [0.5, 0.6) is 0 Å². The average Bonchev–Trinajstić information content (AvgIpc) is 3.20. The van der Waals surface area contributed by atoms with Gasteiger partial charge in [-0.05, 0) is 37.1 Å². The van der Waals surface area contributed by atoms with Crippen molar-refractivity contribution in [2.45, 2.75) is 26.6 Å². The molecule has 0 saturated carbocycles. The molecule has 146 valence electrons. The summed E-state index contributed by atoms with van der Waals surface area (Å²) in [6.07, 6.45) is 0.842. The molecule has 3 rings (SSSR count). The highest BCUT2D eigenvalue weighted by molar-refractivity contribution is 6.01. The van der Waals surface area contributed by atoms with Gasteiger partial charge in [0.25, 0.3) is 0 Å². The van der Waals surface area contributed by atoms with Crippen molar-refractivity contribution >= 4 is 5.84 Å². The number of imidazole rings is 1. The highest BCUT2D eigenvalue weighted by Crippen LogP contribution is 2.29. The Morgan fingerprint density at radius 1 is 1.11 bits per heavy atom. The summed E-state index contributed by atoms with van der Waals surface area (Å²) in [7, 11) is 0. The molecule has 0 amide bonds. The van der Waals surface area contributed by atoms with E-state index >= 15 is 0 Å². The van der Waals surface area contributed by atoms with E-state index in [0.717, 1.165) is 28.8 Å². The van der Waals surface area contributed by atoms with Crippen molar-refractivity contribution in [3.05, 3.63) is 89.5 Å². The van der Waals surface area contributed by atoms with Gasteiger partial charge >= 0.3 is 6.18 Å². The van der Waals surface area contributed by atoms with Crippen LogP contribution in [-0.4, -0.2) is 26.9 Å². The predicted octanol–water partition coefficient (Wildman–Crippen LogP) is 4.94. The van der Waals surface area contributed by atoms with Gasteiger partial charge in [-0.15, -0.1) is 0 Å². The number of nitrogens with zero attached hydrogens (tertiary/aromatic N) is 4. The third kappa shape index (κ3) is 4.60. The maximum Gasteiger partial charge on any atom is 0.416 e. The third-order valence-electron chi connectivity index (χ3n) is 4.38. The monoisotopic (exact) mass is 386 g/mol. The van der Waals surface area contributed by atoms with Crippen molar-refractivity contribution < 1.29 is 13.2 Å². The normalized spacial score (nSPS) is 12.2. The number of benzene rings is 2. The van der Waals surface area contributed by atoms with Crippen molar-refractivity contribution in [3.8, 4) is 0 Å². The standard InChI is InChI=1S/C21H21F3N4/c1-3-28(14-17-8-10-18(11-9-17)21(22,23)24)26-20(27-13-12-25-15-27)19-7-5-4-6-16(19)2/h4-13,15H,3,14H2,1-2H3/b26-20-. The van der Waals surface area contributed by atoms with Gasteiger partial charge in [0.2, 0.25) is 0 Å². The van der Waals surface area contributed by atoms with Crippen LogP contribution >= 0.6 is 0 Å². The first kappa shape index (κ1) is 19.7. The molecule has 1 aromatic heterocycles. The minimum absolute atomic E-state index is 0.402. The van der Waals surface area contributed by atoms with Crippen molar-refractivity contribution in [3.63, 3.8) is 0 Å². The van der Waals surface area contributed by atoms with Crippen LogP contribution < -0.4 is 0 Å². The van der Waals surface area contributed by atoms with Crippen molar-refractivity contribution in [2.75, 3.05) is 6.54 Å². The van der Waals surface area contributed by atoms with E-state index in [1.165, 1.54) is 12.1 Å². The second-order valence-electron chi connectivity index (χ2n) is 6.38. The van der Waals surface area contributed by atoms with Crippen LogP contribution in [-0.2, 0) is 12.7 Å². The highest BCUT2D eigenvalue weighted by atomic mass is 19.4. The van der Waals surface area contributed by atoms with Crippen LogP contribution in [0, 0.1) is 6.92 Å².